The van der Waals surface area contributed by atoms with E-state index in [9.17, 15) is 21.6 Å². The van der Waals surface area contributed by atoms with E-state index in [1.807, 2.05) is 0 Å². The monoisotopic (exact) mass is 422 g/mol. The van der Waals surface area contributed by atoms with Gasteiger partial charge in [0.1, 0.15) is 0 Å². The largest absolute Gasteiger partial charge is 0.417 e. The van der Waals surface area contributed by atoms with Crippen molar-refractivity contribution in [3.63, 3.8) is 0 Å². The third kappa shape index (κ3) is 3.94. The molecule has 10 heteroatoms. The van der Waals surface area contributed by atoms with Crippen molar-refractivity contribution in [2.24, 2.45) is 0 Å². The van der Waals surface area contributed by atoms with Gasteiger partial charge < -0.3 is 5.32 Å². The molecule has 0 amide bonds. The molecule has 0 bridgehead atoms. The number of likely N-dealkylation sites (N-methyl/N-ethyl adjacent to an activating group) is 1. The van der Waals surface area contributed by atoms with Crippen molar-refractivity contribution in [1.29, 1.82) is 0 Å². The fraction of sp³-hybridized carbons (Fsp3) is 0.500. The molecule has 1 aromatic rings. The molecule has 4 nitrogen and oxygen atoms in total. The Morgan fingerprint density at radius 3 is 2.50 bits per heavy atom. The second-order valence-electron chi connectivity index (χ2n) is 4.81. The molecule has 1 atom stereocenters. The Morgan fingerprint density at radius 1 is 1.36 bits per heavy atom. The lowest BCUT2D eigenvalue weighted by Gasteiger charge is -2.23. The first-order valence-corrected chi connectivity index (χ1v) is 8.43. The maximum Gasteiger partial charge on any atom is 0.417 e. The molecule has 0 spiro atoms. The zero-order chi connectivity index (χ0) is 15.8. The van der Waals surface area contributed by atoms with Crippen LogP contribution in [0.25, 0.3) is 0 Å². The van der Waals surface area contributed by atoms with Crippen molar-refractivity contribution in [3.05, 3.63) is 28.2 Å². The van der Waals surface area contributed by atoms with Gasteiger partial charge in [-0.15, -0.1) is 12.4 Å². The zero-order valence-corrected chi connectivity index (χ0v) is 14.7. The summed E-state index contributed by atoms with van der Waals surface area (Å²) in [4.78, 5) is -0.354. The average molecular weight is 424 g/mol. The van der Waals surface area contributed by atoms with Crippen LogP contribution in [0.5, 0.6) is 0 Å². The fourth-order valence-electron chi connectivity index (χ4n) is 2.19. The Morgan fingerprint density at radius 2 is 2.00 bits per heavy atom. The Bertz CT molecular complexity index is 634. The molecule has 1 aliphatic rings. The summed E-state index contributed by atoms with van der Waals surface area (Å²) in [6.07, 6.45) is -3.98. The molecule has 1 N–H and O–H groups in total. The summed E-state index contributed by atoms with van der Waals surface area (Å²) in [7, 11) is -2.56. The van der Waals surface area contributed by atoms with Crippen LogP contribution in [0.3, 0.4) is 0 Å². The molecule has 1 unspecified atom stereocenters. The third-order valence-corrected chi connectivity index (χ3v) is 6.07. The van der Waals surface area contributed by atoms with E-state index in [4.69, 9.17) is 0 Å². The van der Waals surface area contributed by atoms with E-state index in [-0.39, 0.29) is 27.8 Å². The minimum Gasteiger partial charge on any atom is -0.315 e. The van der Waals surface area contributed by atoms with Gasteiger partial charge in [-0.05, 0) is 31.2 Å². The van der Waals surface area contributed by atoms with E-state index >= 15 is 0 Å². The molecule has 0 aromatic heterocycles. The molecule has 0 aliphatic carbocycles. The number of sulfonamides is 1. The number of halogens is 5. The van der Waals surface area contributed by atoms with Crippen LogP contribution in [0.1, 0.15) is 12.0 Å². The summed E-state index contributed by atoms with van der Waals surface area (Å²) < 4.78 is 64.4. The SMILES string of the molecule is CN(C1CCNC1)S(=O)(=O)c1ccc(Br)c(C(F)(F)F)c1.Cl. The normalized spacial score (nSPS) is 19.3. The second-order valence-corrected chi connectivity index (χ2v) is 7.66. The molecular formula is C12H15BrClF3N2O2S. The molecule has 1 aliphatic heterocycles. The van der Waals surface area contributed by atoms with E-state index in [0.717, 1.165) is 10.4 Å². The zero-order valence-electron chi connectivity index (χ0n) is 11.5. The highest BCUT2D eigenvalue weighted by atomic mass is 79.9. The van der Waals surface area contributed by atoms with Gasteiger partial charge in [0.05, 0.1) is 10.5 Å². The number of alkyl halides is 3. The van der Waals surface area contributed by atoms with Crippen LogP contribution in [0.4, 0.5) is 13.2 Å². The van der Waals surface area contributed by atoms with Crippen molar-refractivity contribution >= 4 is 38.4 Å². The lowest BCUT2D eigenvalue weighted by atomic mass is 10.2. The molecule has 1 aromatic carbocycles. The smallest absolute Gasteiger partial charge is 0.315 e. The fourth-order valence-corrected chi connectivity index (χ4v) is 4.08. The highest BCUT2D eigenvalue weighted by Gasteiger charge is 2.36. The summed E-state index contributed by atoms with van der Waals surface area (Å²) in [5, 5.41) is 3.03. The highest BCUT2D eigenvalue weighted by Crippen LogP contribution is 2.36. The standard InChI is InChI=1S/C12H14BrF3N2O2S.ClH/c1-18(8-4-5-17-7-8)21(19,20)9-2-3-11(13)10(6-9)12(14,15)16;/h2-3,6,8,17H,4-5,7H2,1H3;1H. The Kier molecular flexibility index (Phi) is 6.30. The molecule has 126 valence electrons. The van der Waals surface area contributed by atoms with Gasteiger partial charge in [0.15, 0.2) is 0 Å². The lowest BCUT2D eigenvalue weighted by molar-refractivity contribution is -0.138. The lowest BCUT2D eigenvalue weighted by Crippen LogP contribution is -2.38. The van der Waals surface area contributed by atoms with Gasteiger partial charge in [-0.2, -0.15) is 17.5 Å². The molecule has 1 saturated heterocycles. The maximum atomic E-state index is 12.9. The Balaban J connectivity index is 0.00000242. The third-order valence-electron chi connectivity index (χ3n) is 3.47. The highest BCUT2D eigenvalue weighted by molar-refractivity contribution is 9.10. The molecule has 0 saturated carbocycles. The number of hydrogen-bond acceptors (Lipinski definition) is 3. The van der Waals surface area contributed by atoms with Gasteiger partial charge in [0, 0.05) is 24.1 Å². The van der Waals surface area contributed by atoms with Gasteiger partial charge in [-0.3, -0.25) is 0 Å². The second kappa shape index (κ2) is 7.04. The van der Waals surface area contributed by atoms with Crippen LogP contribution in [0.15, 0.2) is 27.6 Å². The Labute approximate surface area is 141 Å². The van der Waals surface area contributed by atoms with E-state index in [2.05, 4.69) is 21.2 Å². The predicted molar refractivity (Wildman–Crippen MR) is 82.6 cm³/mol. The van der Waals surface area contributed by atoms with Crippen LogP contribution in [0.2, 0.25) is 0 Å². The van der Waals surface area contributed by atoms with Gasteiger partial charge in [-0.25, -0.2) is 8.42 Å². The van der Waals surface area contributed by atoms with Crippen molar-refractivity contribution < 1.29 is 21.6 Å². The number of nitrogens with zero attached hydrogens (tertiary/aromatic N) is 1. The first-order chi connectivity index (χ1) is 9.64. The van der Waals surface area contributed by atoms with Crippen molar-refractivity contribution in [1.82, 2.24) is 9.62 Å². The van der Waals surface area contributed by atoms with Gasteiger partial charge in [0.2, 0.25) is 10.0 Å². The molecule has 1 fully saturated rings. The van der Waals surface area contributed by atoms with Crippen LogP contribution in [-0.4, -0.2) is 38.9 Å². The van der Waals surface area contributed by atoms with Crippen LogP contribution in [-0.2, 0) is 16.2 Å². The van der Waals surface area contributed by atoms with E-state index in [1.165, 1.54) is 13.1 Å². The summed E-state index contributed by atoms with van der Waals surface area (Å²) in [5.41, 5.74) is -0.999. The number of rotatable bonds is 3. The molecule has 2 rings (SSSR count). The summed E-state index contributed by atoms with van der Waals surface area (Å²) in [5.74, 6) is 0. The van der Waals surface area contributed by atoms with Crippen LogP contribution >= 0.6 is 28.3 Å². The van der Waals surface area contributed by atoms with Gasteiger partial charge >= 0.3 is 6.18 Å². The topological polar surface area (TPSA) is 49.4 Å². The summed E-state index contributed by atoms with van der Waals surface area (Å²) in [6.45, 7) is 1.19. The van der Waals surface area contributed by atoms with E-state index in [0.29, 0.717) is 25.6 Å². The molecule has 0 radical (unpaired) electrons. The predicted octanol–water partition coefficient (Wildman–Crippen LogP) is 2.87. The first kappa shape index (κ1) is 19.7. The van der Waals surface area contributed by atoms with Gasteiger partial charge in [0.25, 0.3) is 0 Å². The van der Waals surface area contributed by atoms with Crippen molar-refractivity contribution in [3.8, 4) is 0 Å². The summed E-state index contributed by atoms with van der Waals surface area (Å²) >= 11 is 2.80. The van der Waals surface area contributed by atoms with E-state index < -0.39 is 21.8 Å². The molecule has 1 heterocycles. The maximum absolute atomic E-state index is 12.9. The number of nitrogens with one attached hydrogen (secondary N) is 1. The van der Waals surface area contributed by atoms with Crippen LogP contribution in [0, 0.1) is 0 Å². The number of hydrogen-bond donors (Lipinski definition) is 1. The minimum absolute atomic E-state index is 0. The minimum atomic E-state index is -4.61. The Hall–Kier alpha value is -0.350. The quantitative estimate of drug-likeness (QED) is 0.813. The summed E-state index contributed by atoms with van der Waals surface area (Å²) in [6, 6.07) is 2.70. The number of benzene rings is 1. The first-order valence-electron chi connectivity index (χ1n) is 6.19. The van der Waals surface area contributed by atoms with Crippen molar-refractivity contribution in [2.45, 2.75) is 23.5 Å². The van der Waals surface area contributed by atoms with Crippen LogP contribution < -0.4 is 5.32 Å². The molecular weight excluding hydrogens is 409 g/mol. The van der Waals surface area contributed by atoms with Crippen molar-refractivity contribution in [2.75, 3.05) is 20.1 Å². The average Bonchev–Trinajstić information content (AvgIpc) is 2.90. The molecule has 22 heavy (non-hydrogen) atoms. The van der Waals surface area contributed by atoms with E-state index in [1.54, 1.807) is 0 Å². The van der Waals surface area contributed by atoms with Gasteiger partial charge in [-0.1, -0.05) is 15.9 Å².